The Balaban J connectivity index is 1.87. The van der Waals surface area contributed by atoms with E-state index in [9.17, 15) is 4.79 Å². The van der Waals surface area contributed by atoms with Crippen LogP contribution in [0.4, 0.5) is 0 Å². The lowest BCUT2D eigenvalue weighted by Gasteiger charge is -2.19. The number of thiophene rings is 1. The van der Waals surface area contributed by atoms with Crippen LogP contribution in [0.25, 0.3) is 10.2 Å². The predicted octanol–water partition coefficient (Wildman–Crippen LogP) is 2.91. The lowest BCUT2D eigenvalue weighted by Crippen LogP contribution is -2.40. The molecule has 3 heterocycles. The maximum Gasteiger partial charge on any atom is 0.262 e. The molecule has 118 valence electrons. The lowest BCUT2D eigenvalue weighted by atomic mass is 10.1. The summed E-state index contributed by atoms with van der Waals surface area (Å²) in [7, 11) is 0. The van der Waals surface area contributed by atoms with Gasteiger partial charge in [-0.2, -0.15) is 0 Å². The van der Waals surface area contributed by atoms with Crippen LogP contribution in [0.3, 0.4) is 0 Å². The molecule has 1 fully saturated rings. The summed E-state index contributed by atoms with van der Waals surface area (Å²) >= 11 is 1.44. The third-order valence-corrected chi connectivity index (χ3v) is 5.35. The van der Waals surface area contributed by atoms with E-state index in [1.54, 1.807) is 0 Å². The normalized spacial score (nSPS) is 19.5. The average Bonchev–Trinajstić information content (AvgIpc) is 3.06. The highest BCUT2D eigenvalue weighted by Gasteiger charge is 2.26. The van der Waals surface area contributed by atoms with Gasteiger partial charge in [0.25, 0.3) is 5.91 Å². The molecular formula is C16H21N3O2S. The van der Waals surface area contributed by atoms with Crippen molar-refractivity contribution in [1.29, 1.82) is 0 Å². The van der Waals surface area contributed by atoms with Gasteiger partial charge in [-0.3, -0.25) is 4.79 Å². The van der Waals surface area contributed by atoms with E-state index in [4.69, 9.17) is 4.74 Å². The summed E-state index contributed by atoms with van der Waals surface area (Å²) < 4.78 is 5.64. The van der Waals surface area contributed by atoms with E-state index in [-0.39, 0.29) is 18.1 Å². The summed E-state index contributed by atoms with van der Waals surface area (Å²) in [5, 5.41) is 4.08. The minimum Gasteiger partial charge on any atom is -0.376 e. The molecule has 1 N–H and O–H groups in total. The SMILES string of the molecule is Cc1nc(C)c2c(C)c(C(=O)N[C@H](C)[C@H]3CCCO3)sc2n1. The number of hydrogen-bond acceptors (Lipinski definition) is 5. The van der Waals surface area contributed by atoms with Gasteiger partial charge in [0.15, 0.2) is 0 Å². The molecule has 3 rings (SSSR count). The molecule has 1 aliphatic heterocycles. The summed E-state index contributed by atoms with van der Waals surface area (Å²) in [5.74, 6) is 0.700. The molecule has 0 aliphatic carbocycles. The number of aromatic nitrogens is 2. The Bertz CT molecular complexity index is 720. The van der Waals surface area contributed by atoms with Gasteiger partial charge in [0.1, 0.15) is 10.7 Å². The first kappa shape index (κ1) is 15.4. The zero-order valence-corrected chi connectivity index (χ0v) is 14.2. The van der Waals surface area contributed by atoms with Gasteiger partial charge in [0.2, 0.25) is 0 Å². The number of carbonyl (C=O) groups excluding carboxylic acids is 1. The molecule has 1 aliphatic rings. The summed E-state index contributed by atoms with van der Waals surface area (Å²) in [6.45, 7) is 8.61. The monoisotopic (exact) mass is 319 g/mol. The van der Waals surface area contributed by atoms with Gasteiger partial charge in [-0.1, -0.05) is 0 Å². The number of ether oxygens (including phenoxy) is 1. The van der Waals surface area contributed by atoms with Gasteiger partial charge in [-0.05, 0) is 46.1 Å². The molecule has 2 aromatic rings. The Kier molecular flexibility index (Phi) is 4.14. The molecule has 0 aromatic carbocycles. The molecule has 5 nitrogen and oxygen atoms in total. The topological polar surface area (TPSA) is 64.1 Å². The molecule has 2 atom stereocenters. The maximum absolute atomic E-state index is 12.6. The van der Waals surface area contributed by atoms with Crippen molar-refractivity contribution in [3.63, 3.8) is 0 Å². The van der Waals surface area contributed by atoms with Crippen LogP contribution in [0.1, 0.15) is 46.5 Å². The van der Waals surface area contributed by atoms with Crippen LogP contribution in [-0.4, -0.2) is 34.6 Å². The van der Waals surface area contributed by atoms with Crippen molar-refractivity contribution in [1.82, 2.24) is 15.3 Å². The fourth-order valence-electron chi connectivity index (χ4n) is 3.05. The standard InChI is InChI=1S/C16H21N3O2S/c1-8-13-10(3)17-11(4)19-16(13)22-14(8)15(20)18-9(2)12-6-5-7-21-12/h9,12H,5-7H2,1-4H3,(H,18,20)/t9-,12-/m1/s1. The van der Waals surface area contributed by atoms with Crippen molar-refractivity contribution in [2.45, 2.75) is 52.7 Å². The van der Waals surface area contributed by atoms with Crippen molar-refractivity contribution in [3.05, 3.63) is 22.0 Å². The highest BCUT2D eigenvalue weighted by Crippen LogP contribution is 2.31. The number of aryl methyl sites for hydroxylation is 3. The number of carbonyl (C=O) groups is 1. The first-order valence-electron chi connectivity index (χ1n) is 7.64. The third-order valence-electron chi connectivity index (χ3n) is 4.17. The lowest BCUT2D eigenvalue weighted by molar-refractivity contribution is 0.0714. The Morgan fingerprint density at radius 1 is 1.36 bits per heavy atom. The third kappa shape index (κ3) is 2.73. The van der Waals surface area contributed by atoms with Crippen LogP contribution in [-0.2, 0) is 4.74 Å². The smallest absolute Gasteiger partial charge is 0.262 e. The fourth-order valence-corrected chi connectivity index (χ4v) is 4.23. The maximum atomic E-state index is 12.6. The van der Waals surface area contributed by atoms with Gasteiger partial charge >= 0.3 is 0 Å². The summed E-state index contributed by atoms with van der Waals surface area (Å²) in [6.07, 6.45) is 2.21. The molecule has 0 saturated carbocycles. The zero-order valence-electron chi connectivity index (χ0n) is 13.4. The highest BCUT2D eigenvalue weighted by molar-refractivity contribution is 7.20. The first-order valence-corrected chi connectivity index (χ1v) is 8.46. The van der Waals surface area contributed by atoms with Crippen LogP contribution in [0.15, 0.2) is 0 Å². The minimum atomic E-state index is -0.0412. The van der Waals surface area contributed by atoms with E-state index in [0.29, 0.717) is 0 Å². The van der Waals surface area contributed by atoms with E-state index < -0.39 is 0 Å². The van der Waals surface area contributed by atoms with Crippen molar-refractivity contribution in [2.24, 2.45) is 0 Å². The van der Waals surface area contributed by atoms with Crippen molar-refractivity contribution in [3.8, 4) is 0 Å². The molecule has 1 saturated heterocycles. The quantitative estimate of drug-likeness (QED) is 0.945. The summed E-state index contributed by atoms with van der Waals surface area (Å²) in [6, 6.07) is 0.0218. The number of rotatable bonds is 3. The molecule has 0 unspecified atom stereocenters. The Hall–Kier alpha value is -1.53. The van der Waals surface area contributed by atoms with E-state index in [2.05, 4.69) is 15.3 Å². The first-order chi connectivity index (χ1) is 10.5. The van der Waals surface area contributed by atoms with Crippen LogP contribution < -0.4 is 5.32 Å². The Morgan fingerprint density at radius 3 is 2.82 bits per heavy atom. The summed E-state index contributed by atoms with van der Waals surface area (Å²) in [4.78, 5) is 23.1. The van der Waals surface area contributed by atoms with Gasteiger partial charge in [-0.25, -0.2) is 9.97 Å². The number of amides is 1. The van der Waals surface area contributed by atoms with E-state index in [1.165, 1.54) is 11.3 Å². The highest BCUT2D eigenvalue weighted by atomic mass is 32.1. The fraction of sp³-hybridized carbons (Fsp3) is 0.562. The molecular weight excluding hydrogens is 298 g/mol. The van der Waals surface area contributed by atoms with Gasteiger partial charge in [0, 0.05) is 17.7 Å². The molecule has 0 spiro atoms. The molecule has 0 radical (unpaired) electrons. The van der Waals surface area contributed by atoms with Crippen LogP contribution >= 0.6 is 11.3 Å². The second kappa shape index (κ2) is 5.93. The van der Waals surface area contributed by atoms with Crippen molar-refractivity contribution >= 4 is 27.5 Å². The largest absolute Gasteiger partial charge is 0.376 e. The van der Waals surface area contributed by atoms with Crippen LogP contribution in [0.5, 0.6) is 0 Å². The molecule has 1 amide bonds. The van der Waals surface area contributed by atoms with Gasteiger partial charge in [0.05, 0.1) is 17.0 Å². The van der Waals surface area contributed by atoms with Crippen LogP contribution in [0.2, 0.25) is 0 Å². The summed E-state index contributed by atoms with van der Waals surface area (Å²) in [5.41, 5.74) is 1.90. The second-order valence-corrected chi connectivity index (χ2v) is 6.91. The van der Waals surface area contributed by atoms with Crippen molar-refractivity contribution in [2.75, 3.05) is 6.61 Å². The number of fused-ring (bicyclic) bond motifs is 1. The zero-order chi connectivity index (χ0) is 15.9. The van der Waals surface area contributed by atoms with Crippen LogP contribution in [0, 0.1) is 20.8 Å². The Morgan fingerprint density at radius 2 is 2.14 bits per heavy atom. The number of nitrogens with zero attached hydrogens (tertiary/aromatic N) is 2. The molecule has 2 aromatic heterocycles. The Labute approximate surface area is 134 Å². The number of nitrogens with one attached hydrogen (secondary N) is 1. The molecule has 22 heavy (non-hydrogen) atoms. The average molecular weight is 319 g/mol. The molecule has 0 bridgehead atoms. The second-order valence-electron chi connectivity index (χ2n) is 5.91. The van der Waals surface area contributed by atoms with E-state index in [1.807, 2.05) is 27.7 Å². The predicted molar refractivity (Wildman–Crippen MR) is 87.5 cm³/mol. The minimum absolute atomic E-state index is 0.0218. The molecule has 6 heteroatoms. The van der Waals surface area contributed by atoms with E-state index >= 15 is 0 Å². The van der Waals surface area contributed by atoms with Crippen molar-refractivity contribution < 1.29 is 9.53 Å². The van der Waals surface area contributed by atoms with Gasteiger partial charge in [-0.15, -0.1) is 11.3 Å². The van der Waals surface area contributed by atoms with Gasteiger partial charge < -0.3 is 10.1 Å². The number of hydrogen-bond donors (Lipinski definition) is 1. The van der Waals surface area contributed by atoms with E-state index in [0.717, 1.165) is 51.6 Å².